The smallest absolute Gasteiger partial charge is 0.240 e. The standard InChI is InChI=1S/C8H18N2O3S/c1-7(14(3,12)13)8(11)10(2)6-4-5-9/h7H,4-6,9H2,1-3H3. The third-order valence-electron chi connectivity index (χ3n) is 2.06. The van der Waals surface area contributed by atoms with E-state index < -0.39 is 15.1 Å². The van der Waals surface area contributed by atoms with E-state index in [1.165, 1.54) is 11.8 Å². The van der Waals surface area contributed by atoms with Crippen molar-refractivity contribution in [3.05, 3.63) is 0 Å². The van der Waals surface area contributed by atoms with Crippen LogP contribution in [0.5, 0.6) is 0 Å². The minimum Gasteiger partial charge on any atom is -0.345 e. The molecule has 1 amide bonds. The van der Waals surface area contributed by atoms with E-state index in [-0.39, 0.29) is 5.91 Å². The second-order valence-corrected chi connectivity index (χ2v) is 5.74. The first kappa shape index (κ1) is 13.4. The number of hydrogen-bond donors (Lipinski definition) is 1. The van der Waals surface area contributed by atoms with Gasteiger partial charge in [-0.1, -0.05) is 0 Å². The zero-order chi connectivity index (χ0) is 11.4. The first-order valence-electron chi connectivity index (χ1n) is 4.44. The Balaban J connectivity index is 4.33. The van der Waals surface area contributed by atoms with Crippen LogP contribution in [0, 0.1) is 0 Å². The normalized spacial score (nSPS) is 13.7. The number of carbonyl (C=O) groups is 1. The lowest BCUT2D eigenvalue weighted by Crippen LogP contribution is -2.39. The summed E-state index contributed by atoms with van der Waals surface area (Å²) in [4.78, 5) is 12.9. The molecule has 2 N–H and O–H groups in total. The van der Waals surface area contributed by atoms with Crippen LogP contribution in [0.15, 0.2) is 0 Å². The number of hydrogen-bond acceptors (Lipinski definition) is 4. The Kier molecular flexibility index (Phi) is 5.07. The van der Waals surface area contributed by atoms with Crippen LogP contribution in [-0.2, 0) is 14.6 Å². The average Bonchev–Trinajstić information content (AvgIpc) is 2.10. The first-order chi connectivity index (χ1) is 6.30. The van der Waals surface area contributed by atoms with Crippen LogP contribution >= 0.6 is 0 Å². The van der Waals surface area contributed by atoms with E-state index >= 15 is 0 Å². The molecule has 0 aromatic rings. The highest BCUT2D eigenvalue weighted by Gasteiger charge is 2.25. The highest BCUT2D eigenvalue weighted by atomic mass is 32.2. The van der Waals surface area contributed by atoms with Gasteiger partial charge in [-0.2, -0.15) is 0 Å². The summed E-state index contributed by atoms with van der Waals surface area (Å²) in [5.41, 5.74) is 5.28. The molecule has 0 saturated heterocycles. The average molecular weight is 222 g/mol. The van der Waals surface area contributed by atoms with Gasteiger partial charge in [0.1, 0.15) is 5.25 Å². The second-order valence-electron chi connectivity index (χ2n) is 3.37. The highest BCUT2D eigenvalue weighted by Crippen LogP contribution is 2.02. The molecule has 14 heavy (non-hydrogen) atoms. The van der Waals surface area contributed by atoms with E-state index in [4.69, 9.17) is 5.73 Å². The summed E-state index contributed by atoms with van der Waals surface area (Å²) >= 11 is 0. The predicted octanol–water partition coefficient (Wildman–Crippen LogP) is -0.773. The highest BCUT2D eigenvalue weighted by molar-refractivity contribution is 7.92. The maximum atomic E-state index is 11.5. The van der Waals surface area contributed by atoms with Crippen LogP contribution in [0.3, 0.4) is 0 Å². The molecule has 0 aliphatic rings. The summed E-state index contributed by atoms with van der Waals surface area (Å²) in [6, 6.07) is 0. The third-order valence-corrected chi connectivity index (χ3v) is 3.55. The third kappa shape index (κ3) is 4.06. The number of nitrogens with two attached hydrogens (primary N) is 1. The lowest BCUT2D eigenvalue weighted by molar-refractivity contribution is -0.129. The van der Waals surface area contributed by atoms with Crippen molar-refractivity contribution < 1.29 is 13.2 Å². The van der Waals surface area contributed by atoms with E-state index in [0.29, 0.717) is 19.5 Å². The maximum absolute atomic E-state index is 11.5. The number of rotatable bonds is 5. The second kappa shape index (κ2) is 5.31. The summed E-state index contributed by atoms with van der Waals surface area (Å²) in [6.07, 6.45) is 1.74. The summed E-state index contributed by atoms with van der Waals surface area (Å²) < 4.78 is 22.2. The van der Waals surface area contributed by atoms with Crippen molar-refractivity contribution in [2.75, 3.05) is 26.4 Å². The zero-order valence-electron chi connectivity index (χ0n) is 8.86. The van der Waals surface area contributed by atoms with Gasteiger partial charge < -0.3 is 10.6 Å². The molecule has 0 aliphatic heterocycles. The molecule has 1 atom stereocenters. The molecule has 0 spiro atoms. The number of carbonyl (C=O) groups excluding carboxylic acids is 1. The Bertz CT molecular complexity index is 287. The molecule has 0 rings (SSSR count). The van der Waals surface area contributed by atoms with Gasteiger partial charge in [0.25, 0.3) is 0 Å². The van der Waals surface area contributed by atoms with Crippen molar-refractivity contribution in [3.8, 4) is 0 Å². The molecule has 1 unspecified atom stereocenters. The largest absolute Gasteiger partial charge is 0.345 e. The molecule has 0 bridgehead atoms. The van der Waals surface area contributed by atoms with Gasteiger partial charge in [-0.25, -0.2) is 8.42 Å². The summed E-state index contributed by atoms with van der Waals surface area (Å²) in [5, 5.41) is -0.967. The first-order valence-corrected chi connectivity index (χ1v) is 6.40. The summed E-state index contributed by atoms with van der Waals surface area (Å²) in [5.74, 6) is -0.374. The van der Waals surface area contributed by atoms with Crippen molar-refractivity contribution in [1.82, 2.24) is 4.90 Å². The lowest BCUT2D eigenvalue weighted by Gasteiger charge is -2.19. The van der Waals surface area contributed by atoms with Crippen LogP contribution < -0.4 is 5.73 Å². The molecule has 0 fully saturated rings. The van der Waals surface area contributed by atoms with Crippen molar-refractivity contribution in [3.63, 3.8) is 0 Å². The Morgan fingerprint density at radius 1 is 1.50 bits per heavy atom. The fraction of sp³-hybridized carbons (Fsp3) is 0.875. The molecule has 0 radical (unpaired) electrons. The van der Waals surface area contributed by atoms with Gasteiger partial charge in [0.15, 0.2) is 9.84 Å². The predicted molar refractivity (Wildman–Crippen MR) is 55.6 cm³/mol. The Morgan fingerprint density at radius 2 is 2.00 bits per heavy atom. The molecule has 0 saturated carbocycles. The molecule has 84 valence electrons. The minimum atomic E-state index is -3.29. The van der Waals surface area contributed by atoms with Crippen LogP contribution in [0.2, 0.25) is 0 Å². The van der Waals surface area contributed by atoms with Gasteiger partial charge in [-0.3, -0.25) is 4.79 Å². The molecule has 0 aromatic carbocycles. The summed E-state index contributed by atoms with van der Waals surface area (Å²) in [7, 11) is -1.71. The Hall–Kier alpha value is -0.620. The van der Waals surface area contributed by atoms with E-state index in [9.17, 15) is 13.2 Å². The topological polar surface area (TPSA) is 80.5 Å². The minimum absolute atomic E-state index is 0.374. The number of amides is 1. The quantitative estimate of drug-likeness (QED) is 0.662. The molecule has 0 aromatic heterocycles. The summed E-state index contributed by atoms with van der Waals surface area (Å²) in [6.45, 7) is 2.39. The van der Waals surface area contributed by atoms with Gasteiger partial charge in [0.2, 0.25) is 5.91 Å². The molecule has 0 aliphatic carbocycles. The lowest BCUT2D eigenvalue weighted by atomic mass is 10.3. The molecule has 6 heteroatoms. The molecule has 5 nitrogen and oxygen atoms in total. The van der Waals surface area contributed by atoms with Crippen LogP contribution in [0.1, 0.15) is 13.3 Å². The van der Waals surface area contributed by atoms with Gasteiger partial charge in [-0.05, 0) is 19.9 Å². The Morgan fingerprint density at radius 3 is 2.36 bits per heavy atom. The monoisotopic (exact) mass is 222 g/mol. The molecule has 0 heterocycles. The van der Waals surface area contributed by atoms with Crippen molar-refractivity contribution in [1.29, 1.82) is 0 Å². The van der Waals surface area contributed by atoms with Crippen molar-refractivity contribution >= 4 is 15.7 Å². The van der Waals surface area contributed by atoms with Gasteiger partial charge in [-0.15, -0.1) is 0 Å². The van der Waals surface area contributed by atoms with Crippen LogP contribution in [0.25, 0.3) is 0 Å². The van der Waals surface area contributed by atoms with Crippen molar-refractivity contribution in [2.45, 2.75) is 18.6 Å². The molecular formula is C8H18N2O3S. The fourth-order valence-corrected chi connectivity index (χ4v) is 1.48. The maximum Gasteiger partial charge on any atom is 0.240 e. The zero-order valence-corrected chi connectivity index (χ0v) is 9.67. The number of sulfone groups is 1. The van der Waals surface area contributed by atoms with E-state index in [1.807, 2.05) is 0 Å². The van der Waals surface area contributed by atoms with Gasteiger partial charge >= 0.3 is 0 Å². The van der Waals surface area contributed by atoms with Gasteiger partial charge in [0.05, 0.1) is 0 Å². The van der Waals surface area contributed by atoms with Crippen LogP contribution in [-0.4, -0.2) is 50.9 Å². The fourth-order valence-electron chi connectivity index (χ4n) is 0.932. The van der Waals surface area contributed by atoms with Crippen molar-refractivity contribution in [2.24, 2.45) is 5.73 Å². The van der Waals surface area contributed by atoms with Gasteiger partial charge in [0, 0.05) is 19.8 Å². The molecular weight excluding hydrogens is 204 g/mol. The van der Waals surface area contributed by atoms with E-state index in [0.717, 1.165) is 6.26 Å². The van der Waals surface area contributed by atoms with E-state index in [1.54, 1.807) is 7.05 Å². The number of nitrogens with zero attached hydrogens (tertiary/aromatic N) is 1. The van der Waals surface area contributed by atoms with E-state index in [2.05, 4.69) is 0 Å². The van der Waals surface area contributed by atoms with Crippen LogP contribution in [0.4, 0.5) is 0 Å². The SMILES string of the molecule is CC(C(=O)N(C)CCCN)S(C)(=O)=O. The Labute approximate surface area is 85.2 Å².